The number of benzene rings is 1. The lowest BCUT2D eigenvalue weighted by Crippen LogP contribution is -2.36. The van der Waals surface area contributed by atoms with E-state index in [1.807, 2.05) is 11.8 Å². The Morgan fingerprint density at radius 2 is 2.06 bits per heavy atom. The van der Waals surface area contributed by atoms with E-state index in [0.717, 1.165) is 24.2 Å². The monoisotopic (exact) mass is 264 g/mol. The van der Waals surface area contributed by atoms with E-state index < -0.39 is 0 Å². The van der Waals surface area contributed by atoms with Gasteiger partial charge in [-0.15, -0.1) is 11.8 Å². The van der Waals surface area contributed by atoms with E-state index in [-0.39, 0.29) is 11.3 Å². The fourth-order valence-corrected chi connectivity index (χ4v) is 2.58. The van der Waals surface area contributed by atoms with Crippen LogP contribution in [0.1, 0.15) is 25.3 Å². The van der Waals surface area contributed by atoms with Crippen LogP contribution in [-0.2, 0) is 11.3 Å². The van der Waals surface area contributed by atoms with E-state index in [1.54, 1.807) is 0 Å². The molecule has 1 aromatic rings. The Bertz CT molecular complexity index is 412. The van der Waals surface area contributed by atoms with E-state index in [1.165, 1.54) is 4.90 Å². The van der Waals surface area contributed by atoms with Gasteiger partial charge in [0.15, 0.2) is 0 Å². The Labute approximate surface area is 113 Å². The molecule has 4 heteroatoms. The molecular formula is C14H20N2OS. The van der Waals surface area contributed by atoms with Gasteiger partial charge in [0.05, 0.1) is 5.41 Å². The fourth-order valence-electron chi connectivity index (χ4n) is 1.91. The first-order valence-electron chi connectivity index (χ1n) is 6.40. The molecule has 1 aromatic carbocycles. The predicted molar refractivity (Wildman–Crippen MR) is 75.4 cm³/mol. The van der Waals surface area contributed by atoms with Gasteiger partial charge in [-0.25, -0.2) is 0 Å². The summed E-state index contributed by atoms with van der Waals surface area (Å²) in [4.78, 5) is 13.2. The van der Waals surface area contributed by atoms with Crippen molar-refractivity contribution in [3.63, 3.8) is 0 Å². The highest BCUT2D eigenvalue weighted by Gasteiger charge is 2.48. The minimum atomic E-state index is -0.252. The molecule has 0 spiro atoms. The Kier molecular flexibility index (Phi) is 4.30. The summed E-state index contributed by atoms with van der Waals surface area (Å²) in [6, 6.07) is 8.34. The Balaban J connectivity index is 1.85. The summed E-state index contributed by atoms with van der Waals surface area (Å²) in [5.41, 5.74) is 6.51. The summed E-state index contributed by atoms with van der Waals surface area (Å²) in [7, 11) is 0. The average Bonchev–Trinajstić information content (AvgIpc) is 3.19. The summed E-state index contributed by atoms with van der Waals surface area (Å²) in [6.07, 6.45) is 1.86. The van der Waals surface area contributed by atoms with Crippen molar-refractivity contribution in [2.45, 2.75) is 31.2 Å². The third kappa shape index (κ3) is 3.06. The van der Waals surface area contributed by atoms with Gasteiger partial charge in [-0.2, -0.15) is 0 Å². The molecule has 0 heterocycles. The molecule has 18 heavy (non-hydrogen) atoms. The van der Waals surface area contributed by atoms with Crippen molar-refractivity contribution >= 4 is 17.7 Å². The molecule has 1 saturated carbocycles. The maximum atomic E-state index is 11.9. The molecule has 2 rings (SSSR count). The summed E-state index contributed by atoms with van der Waals surface area (Å²) in [5.74, 6) is 1.19. The summed E-state index contributed by atoms with van der Waals surface area (Å²) in [6.45, 7) is 3.20. The molecule has 0 bridgehead atoms. The summed E-state index contributed by atoms with van der Waals surface area (Å²) < 4.78 is 0. The normalized spacial score (nSPS) is 16.3. The number of carbonyl (C=O) groups is 1. The molecule has 3 N–H and O–H groups in total. The second-order valence-corrected chi connectivity index (χ2v) is 6.08. The predicted octanol–water partition coefficient (Wildman–Crippen LogP) is 2.15. The van der Waals surface area contributed by atoms with Gasteiger partial charge in [0.1, 0.15) is 0 Å². The molecule has 0 unspecified atom stereocenters. The quantitative estimate of drug-likeness (QED) is 0.774. The van der Waals surface area contributed by atoms with Gasteiger partial charge < -0.3 is 11.1 Å². The smallest absolute Gasteiger partial charge is 0.227 e. The van der Waals surface area contributed by atoms with Crippen molar-refractivity contribution < 1.29 is 4.79 Å². The zero-order valence-corrected chi connectivity index (χ0v) is 11.6. The highest BCUT2D eigenvalue weighted by atomic mass is 32.2. The lowest BCUT2D eigenvalue weighted by atomic mass is 10.1. The van der Waals surface area contributed by atoms with E-state index in [9.17, 15) is 4.79 Å². The van der Waals surface area contributed by atoms with Crippen LogP contribution in [-0.4, -0.2) is 18.2 Å². The van der Waals surface area contributed by atoms with E-state index in [2.05, 4.69) is 36.5 Å². The molecule has 0 saturated heterocycles. The average molecular weight is 264 g/mol. The maximum Gasteiger partial charge on any atom is 0.227 e. The number of nitrogens with one attached hydrogen (secondary N) is 1. The van der Waals surface area contributed by atoms with E-state index in [4.69, 9.17) is 5.73 Å². The van der Waals surface area contributed by atoms with Gasteiger partial charge >= 0.3 is 0 Å². The first kappa shape index (κ1) is 13.4. The van der Waals surface area contributed by atoms with Crippen molar-refractivity contribution in [2.24, 2.45) is 11.1 Å². The standard InChI is InChI=1S/C14H20N2OS/c1-2-18-12-5-3-11(4-6-12)9-16-13(17)14(10-15)7-8-14/h3-6H,2,7-10,15H2,1H3,(H,16,17). The SMILES string of the molecule is CCSc1ccc(CNC(=O)C2(CN)CC2)cc1. The van der Waals surface area contributed by atoms with E-state index >= 15 is 0 Å². The lowest BCUT2D eigenvalue weighted by molar-refractivity contribution is -0.126. The second kappa shape index (κ2) is 5.76. The molecule has 0 aromatic heterocycles. The third-order valence-electron chi connectivity index (χ3n) is 3.41. The molecule has 1 amide bonds. The number of carbonyl (C=O) groups excluding carboxylic acids is 1. The number of amides is 1. The van der Waals surface area contributed by atoms with Crippen molar-refractivity contribution in [3.8, 4) is 0 Å². The Hall–Kier alpha value is -1.00. The Morgan fingerprint density at radius 3 is 2.56 bits per heavy atom. The van der Waals surface area contributed by atoms with Crippen LogP contribution >= 0.6 is 11.8 Å². The Morgan fingerprint density at radius 1 is 1.39 bits per heavy atom. The molecule has 1 fully saturated rings. The molecule has 0 radical (unpaired) electrons. The van der Waals surface area contributed by atoms with Gasteiger partial charge in [0.2, 0.25) is 5.91 Å². The van der Waals surface area contributed by atoms with Crippen molar-refractivity contribution in [3.05, 3.63) is 29.8 Å². The lowest BCUT2D eigenvalue weighted by Gasteiger charge is -2.12. The van der Waals surface area contributed by atoms with E-state index in [0.29, 0.717) is 13.1 Å². The van der Waals surface area contributed by atoms with Gasteiger partial charge in [-0.1, -0.05) is 19.1 Å². The molecular weight excluding hydrogens is 244 g/mol. The van der Waals surface area contributed by atoms with Crippen molar-refractivity contribution in [2.75, 3.05) is 12.3 Å². The topological polar surface area (TPSA) is 55.1 Å². The summed E-state index contributed by atoms with van der Waals surface area (Å²) >= 11 is 1.82. The largest absolute Gasteiger partial charge is 0.352 e. The van der Waals surface area contributed by atoms with Crippen LogP contribution in [0.2, 0.25) is 0 Å². The number of nitrogens with two attached hydrogens (primary N) is 1. The number of rotatable bonds is 6. The van der Waals surface area contributed by atoms with Crippen LogP contribution in [0.15, 0.2) is 29.2 Å². The van der Waals surface area contributed by atoms with Gasteiger partial charge in [-0.05, 0) is 36.3 Å². The molecule has 1 aliphatic rings. The minimum absolute atomic E-state index is 0.108. The van der Waals surface area contributed by atoms with Crippen LogP contribution in [0.4, 0.5) is 0 Å². The van der Waals surface area contributed by atoms with Crippen molar-refractivity contribution in [1.29, 1.82) is 0 Å². The van der Waals surface area contributed by atoms with Crippen LogP contribution < -0.4 is 11.1 Å². The number of thioether (sulfide) groups is 1. The zero-order chi connectivity index (χ0) is 13.0. The maximum absolute atomic E-state index is 11.9. The third-order valence-corrected chi connectivity index (χ3v) is 4.31. The van der Waals surface area contributed by atoms with Gasteiger partial charge in [-0.3, -0.25) is 4.79 Å². The number of hydrogen-bond acceptors (Lipinski definition) is 3. The molecule has 98 valence electrons. The van der Waals surface area contributed by atoms with Gasteiger partial charge in [0.25, 0.3) is 0 Å². The zero-order valence-electron chi connectivity index (χ0n) is 10.7. The van der Waals surface area contributed by atoms with Crippen LogP contribution in [0.3, 0.4) is 0 Å². The molecule has 0 aliphatic heterocycles. The van der Waals surface area contributed by atoms with Crippen LogP contribution in [0, 0.1) is 5.41 Å². The highest BCUT2D eigenvalue weighted by molar-refractivity contribution is 7.99. The summed E-state index contributed by atoms with van der Waals surface area (Å²) in [5, 5.41) is 2.98. The van der Waals surface area contributed by atoms with Crippen LogP contribution in [0.25, 0.3) is 0 Å². The first-order valence-corrected chi connectivity index (χ1v) is 7.39. The number of hydrogen-bond donors (Lipinski definition) is 2. The van der Waals surface area contributed by atoms with Crippen LogP contribution in [0.5, 0.6) is 0 Å². The minimum Gasteiger partial charge on any atom is -0.352 e. The first-order chi connectivity index (χ1) is 8.70. The highest BCUT2D eigenvalue weighted by Crippen LogP contribution is 2.44. The molecule has 1 aliphatic carbocycles. The fraction of sp³-hybridized carbons (Fsp3) is 0.500. The van der Waals surface area contributed by atoms with Gasteiger partial charge in [0, 0.05) is 18.0 Å². The molecule has 3 nitrogen and oxygen atoms in total. The molecule has 0 atom stereocenters. The van der Waals surface area contributed by atoms with Crippen molar-refractivity contribution in [1.82, 2.24) is 5.32 Å². The second-order valence-electron chi connectivity index (χ2n) is 4.74.